The van der Waals surface area contributed by atoms with Crippen molar-refractivity contribution >= 4 is 5.91 Å². The molecule has 0 atom stereocenters. The van der Waals surface area contributed by atoms with Gasteiger partial charge >= 0.3 is 0 Å². The summed E-state index contributed by atoms with van der Waals surface area (Å²) >= 11 is 0. The smallest absolute Gasteiger partial charge is 0.257 e. The molecule has 3 aromatic rings. The molecule has 0 aliphatic carbocycles. The van der Waals surface area contributed by atoms with Crippen LogP contribution in [0.1, 0.15) is 32.9 Å². The second kappa shape index (κ2) is 6.27. The minimum atomic E-state index is 0.00491. The standard InChI is InChI=1S/C19H18N4O3/c1-11-6-13(18-21-16(8-20)22-26-18)7-14-10-23(19(25)17(11)14)9-12-2-4-15(24)5-3-12/h2-7,24H,8-10,20H2,1H3. The number of rotatable bonds is 4. The van der Waals surface area contributed by atoms with Gasteiger partial charge in [-0.25, -0.2) is 0 Å². The molecule has 0 spiro atoms. The van der Waals surface area contributed by atoms with Gasteiger partial charge in [-0.05, 0) is 47.9 Å². The van der Waals surface area contributed by atoms with Gasteiger partial charge in [-0.2, -0.15) is 4.98 Å². The number of amides is 1. The molecule has 7 heteroatoms. The SMILES string of the molecule is Cc1cc(-c2nc(CN)no2)cc2c1C(=O)N(Cc1ccc(O)cc1)C2. The summed E-state index contributed by atoms with van der Waals surface area (Å²) in [5, 5.41) is 13.2. The third-order valence-corrected chi connectivity index (χ3v) is 4.49. The molecule has 3 N–H and O–H groups in total. The van der Waals surface area contributed by atoms with Crippen molar-refractivity contribution in [2.45, 2.75) is 26.6 Å². The minimum Gasteiger partial charge on any atom is -0.508 e. The number of aryl methyl sites for hydroxylation is 1. The number of carbonyl (C=O) groups is 1. The molecule has 26 heavy (non-hydrogen) atoms. The molecule has 0 unspecified atom stereocenters. The van der Waals surface area contributed by atoms with E-state index >= 15 is 0 Å². The molecule has 0 saturated heterocycles. The predicted octanol–water partition coefficient (Wildman–Crippen LogP) is 2.37. The zero-order chi connectivity index (χ0) is 18.3. The number of hydrogen-bond donors (Lipinski definition) is 2. The van der Waals surface area contributed by atoms with Crippen LogP contribution in [-0.2, 0) is 19.6 Å². The second-order valence-corrected chi connectivity index (χ2v) is 6.37. The van der Waals surface area contributed by atoms with Crippen LogP contribution in [0.25, 0.3) is 11.5 Å². The first-order valence-electron chi connectivity index (χ1n) is 8.29. The van der Waals surface area contributed by atoms with E-state index in [0.717, 1.165) is 27.8 Å². The monoisotopic (exact) mass is 350 g/mol. The number of aromatic nitrogens is 2. The van der Waals surface area contributed by atoms with Crippen LogP contribution in [0.2, 0.25) is 0 Å². The van der Waals surface area contributed by atoms with Crippen LogP contribution in [0.3, 0.4) is 0 Å². The van der Waals surface area contributed by atoms with Crippen molar-refractivity contribution in [1.82, 2.24) is 15.0 Å². The van der Waals surface area contributed by atoms with E-state index in [1.165, 1.54) is 0 Å². The molecule has 1 aromatic heterocycles. The zero-order valence-electron chi connectivity index (χ0n) is 14.3. The highest BCUT2D eigenvalue weighted by Gasteiger charge is 2.30. The number of fused-ring (bicyclic) bond motifs is 1. The van der Waals surface area contributed by atoms with Crippen LogP contribution in [0, 0.1) is 6.92 Å². The average Bonchev–Trinajstić information content (AvgIpc) is 3.22. The Hall–Kier alpha value is -3.19. The molecule has 4 rings (SSSR count). The van der Waals surface area contributed by atoms with Crippen molar-refractivity contribution in [3.63, 3.8) is 0 Å². The lowest BCUT2D eigenvalue weighted by molar-refractivity contribution is 0.0766. The van der Waals surface area contributed by atoms with E-state index in [-0.39, 0.29) is 18.2 Å². The summed E-state index contributed by atoms with van der Waals surface area (Å²) in [6, 6.07) is 10.7. The predicted molar refractivity (Wildman–Crippen MR) is 94.0 cm³/mol. The number of hydrogen-bond acceptors (Lipinski definition) is 6. The van der Waals surface area contributed by atoms with Gasteiger partial charge in [-0.1, -0.05) is 17.3 Å². The van der Waals surface area contributed by atoms with E-state index in [1.807, 2.05) is 31.2 Å². The average molecular weight is 350 g/mol. The molecule has 132 valence electrons. The Morgan fingerprint density at radius 3 is 2.73 bits per heavy atom. The highest BCUT2D eigenvalue weighted by molar-refractivity contribution is 6.00. The summed E-state index contributed by atoms with van der Waals surface area (Å²) in [7, 11) is 0. The Bertz CT molecular complexity index is 979. The van der Waals surface area contributed by atoms with Crippen molar-refractivity contribution in [3.05, 3.63) is 64.5 Å². The summed E-state index contributed by atoms with van der Waals surface area (Å²) in [4.78, 5) is 18.8. The first kappa shape index (κ1) is 16.3. The quantitative estimate of drug-likeness (QED) is 0.748. The number of nitrogens with two attached hydrogens (primary N) is 1. The number of nitrogens with zero attached hydrogens (tertiary/aromatic N) is 3. The van der Waals surface area contributed by atoms with Gasteiger partial charge in [0.15, 0.2) is 5.82 Å². The van der Waals surface area contributed by atoms with Crippen LogP contribution in [0.5, 0.6) is 5.75 Å². The lowest BCUT2D eigenvalue weighted by atomic mass is 10.0. The minimum absolute atomic E-state index is 0.00491. The maximum absolute atomic E-state index is 12.8. The Morgan fingerprint density at radius 1 is 1.27 bits per heavy atom. The van der Waals surface area contributed by atoms with Gasteiger partial charge in [0.2, 0.25) is 0 Å². The number of aromatic hydroxyl groups is 1. The van der Waals surface area contributed by atoms with Crippen LogP contribution in [0.4, 0.5) is 0 Å². The molecule has 0 saturated carbocycles. The van der Waals surface area contributed by atoms with Crippen molar-refractivity contribution < 1.29 is 14.4 Å². The van der Waals surface area contributed by atoms with Gasteiger partial charge in [-0.15, -0.1) is 0 Å². The van der Waals surface area contributed by atoms with E-state index in [4.69, 9.17) is 10.3 Å². The van der Waals surface area contributed by atoms with Gasteiger partial charge in [-0.3, -0.25) is 4.79 Å². The van der Waals surface area contributed by atoms with Crippen molar-refractivity contribution in [1.29, 1.82) is 0 Å². The molecule has 0 bridgehead atoms. The summed E-state index contributed by atoms with van der Waals surface area (Å²) in [6.45, 7) is 3.12. The summed E-state index contributed by atoms with van der Waals surface area (Å²) in [6.07, 6.45) is 0. The molecule has 2 aromatic carbocycles. The number of phenols is 1. The summed E-state index contributed by atoms with van der Waals surface area (Å²) < 4.78 is 5.25. The van der Waals surface area contributed by atoms with Gasteiger partial charge in [0.25, 0.3) is 11.8 Å². The molecule has 2 heterocycles. The fourth-order valence-electron chi connectivity index (χ4n) is 3.25. The van der Waals surface area contributed by atoms with E-state index in [9.17, 15) is 9.90 Å². The van der Waals surface area contributed by atoms with Crippen LogP contribution >= 0.6 is 0 Å². The first-order valence-corrected chi connectivity index (χ1v) is 8.29. The topological polar surface area (TPSA) is 105 Å². The van der Waals surface area contributed by atoms with Crippen molar-refractivity contribution in [2.75, 3.05) is 0 Å². The largest absolute Gasteiger partial charge is 0.508 e. The molecule has 0 radical (unpaired) electrons. The molecular formula is C19H18N4O3. The van der Waals surface area contributed by atoms with Crippen LogP contribution in [0.15, 0.2) is 40.9 Å². The molecule has 0 fully saturated rings. The van der Waals surface area contributed by atoms with Gasteiger partial charge in [0, 0.05) is 24.2 Å². The van der Waals surface area contributed by atoms with Crippen LogP contribution in [-0.4, -0.2) is 26.1 Å². The molecule has 7 nitrogen and oxygen atoms in total. The highest BCUT2D eigenvalue weighted by Crippen LogP contribution is 2.31. The number of carbonyl (C=O) groups excluding carboxylic acids is 1. The third kappa shape index (κ3) is 2.82. The van der Waals surface area contributed by atoms with Crippen molar-refractivity contribution in [3.8, 4) is 17.2 Å². The molecule has 1 aliphatic heterocycles. The fraction of sp³-hybridized carbons (Fsp3) is 0.211. The maximum atomic E-state index is 12.8. The van der Waals surface area contributed by atoms with Crippen molar-refractivity contribution in [2.24, 2.45) is 5.73 Å². The Balaban J connectivity index is 1.63. The molecule has 1 aliphatic rings. The van der Waals surface area contributed by atoms with E-state index in [1.54, 1.807) is 17.0 Å². The fourth-order valence-corrected chi connectivity index (χ4v) is 3.25. The number of phenolic OH excluding ortho intramolecular Hbond substituents is 1. The van der Waals surface area contributed by atoms with E-state index < -0.39 is 0 Å². The highest BCUT2D eigenvalue weighted by atomic mass is 16.5. The summed E-state index contributed by atoms with van der Waals surface area (Å²) in [5.74, 6) is 1.07. The van der Waals surface area contributed by atoms with E-state index in [2.05, 4.69) is 10.1 Å². The third-order valence-electron chi connectivity index (χ3n) is 4.49. The second-order valence-electron chi connectivity index (χ2n) is 6.37. The molecular weight excluding hydrogens is 332 g/mol. The van der Waals surface area contributed by atoms with Gasteiger partial charge < -0.3 is 20.3 Å². The number of benzene rings is 2. The normalized spacial score (nSPS) is 13.3. The lowest BCUT2D eigenvalue weighted by Gasteiger charge is -2.15. The van der Waals surface area contributed by atoms with Crippen LogP contribution < -0.4 is 5.73 Å². The Labute approximate surface area is 150 Å². The van der Waals surface area contributed by atoms with Gasteiger partial charge in [0.05, 0.1) is 6.54 Å². The van der Waals surface area contributed by atoms with Gasteiger partial charge in [0.1, 0.15) is 5.75 Å². The van der Waals surface area contributed by atoms with E-state index in [0.29, 0.717) is 24.8 Å². The molecule has 1 amide bonds. The zero-order valence-corrected chi connectivity index (χ0v) is 14.3. The maximum Gasteiger partial charge on any atom is 0.257 e. The Morgan fingerprint density at radius 2 is 2.04 bits per heavy atom. The first-order chi connectivity index (χ1) is 12.5. The lowest BCUT2D eigenvalue weighted by Crippen LogP contribution is -2.23. The Kier molecular flexibility index (Phi) is 3.93. The summed E-state index contributed by atoms with van der Waals surface area (Å²) in [5.41, 5.74) is 9.82.